The van der Waals surface area contributed by atoms with E-state index in [1.165, 1.54) is 5.57 Å². The number of nitrogens with zero attached hydrogens (tertiary/aromatic N) is 2. The van der Waals surface area contributed by atoms with Crippen molar-refractivity contribution in [3.63, 3.8) is 0 Å². The van der Waals surface area contributed by atoms with E-state index in [4.69, 9.17) is 17.3 Å². The van der Waals surface area contributed by atoms with Crippen molar-refractivity contribution in [1.82, 2.24) is 9.78 Å². The Hall–Kier alpha value is -0.800. The first-order valence-corrected chi connectivity index (χ1v) is 5.47. The maximum Gasteiger partial charge on any atom is 0.130 e. The van der Waals surface area contributed by atoms with Gasteiger partial charge in [-0.05, 0) is 33.2 Å². The largest absolute Gasteiger partial charge is 0.330 e. The van der Waals surface area contributed by atoms with Crippen molar-refractivity contribution in [3.05, 3.63) is 28.1 Å². The highest BCUT2D eigenvalue weighted by molar-refractivity contribution is 6.30. The van der Waals surface area contributed by atoms with Gasteiger partial charge in [-0.25, -0.2) is 0 Å². The first-order chi connectivity index (χ1) is 7.06. The van der Waals surface area contributed by atoms with E-state index < -0.39 is 0 Å². The Balaban J connectivity index is 2.80. The van der Waals surface area contributed by atoms with Crippen molar-refractivity contribution < 1.29 is 0 Å². The van der Waals surface area contributed by atoms with E-state index in [-0.39, 0.29) is 0 Å². The van der Waals surface area contributed by atoms with E-state index >= 15 is 0 Å². The van der Waals surface area contributed by atoms with Gasteiger partial charge in [-0.15, -0.1) is 0 Å². The molecule has 0 aliphatic rings. The summed E-state index contributed by atoms with van der Waals surface area (Å²) in [5.74, 6) is 0. The number of halogens is 1. The van der Waals surface area contributed by atoms with Crippen LogP contribution in [-0.2, 0) is 13.5 Å². The summed E-state index contributed by atoms with van der Waals surface area (Å²) < 4.78 is 1.71. The molecule has 15 heavy (non-hydrogen) atoms. The SMILES string of the molecule is CC(=CCCN)Cc1c(C)nn(C)c1Cl. The van der Waals surface area contributed by atoms with Gasteiger partial charge in [-0.1, -0.05) is 23.3 Å². The summed E-state index contributed by atoms with van der Waals surface area (Å²) in [6.45, 7) is 4.77. The summed E-state index contributed by atoms with van der Waals surface area (Å²) in [6, 6.07) is 0. The van der Waals surface area contributed by atoms with Crippen LogP contribution in [0, 0.1) is 6.92 Å². The molecular weight excluding hydrogens is 210 g/mol. The van der Waals surface area contributed by atoms with E-state index in [0.29, 0.717) is 6.54 Å². The quantitative estimate of drug-likeness (QED) is 0.802. The third-order valence-electron chi connectivity index (χ3n) is 2.38. The molecule has 0 spiro atoms. The second-order valence-electron chi connectivity index (χ2n) is 3.78. The van der Waals surface area contributed by atoms with Gasteiger partial charge in [-0.2, -0.15) is 5.10 Å². The Kier molecular flexibility index (Phi) is 4.36. The normalized spacial score (nSPS) is 12.2. The molecule has 0 saturated heterocycles. The van der Waals surface area contributed by atoms with Crippen molar-refractivity contribution in [2.45, 2.75) is 26.7 Å². The molecule has 4 heteroatoms. The Labute approximate surface area is 95.9 Å². The average Bonchev–Trinajstić information content (AvgIpc) is 2.42. The minimum absolute atomic E-state index is 0.692. The van der Waals surface area contributed by atoms with Crippen LogP contribution >= 0.6 is 11.6 Å². The summed E-state index contributed by atoms with van der Waals surface area (Å²) in [4.78, 5) is 0. The zero-order valence-corrected chi connectivity index (χ0v) is 10.3. The fraction of sp³-hybridized carbons (Fsp3) is 0.545. The van der Waals surface area contributed by atoms with Crippen molar-refractivity contribution in [1.29, 1.82) is 0 Å². The summed E-state index contributed by atoms with van der Waals surface area (Å²) in [7, 11) is 1.86. The number of allylic oxidation sites excluding steroid dienone is 1. The second kappa shape index (κ2) is 5.33. The van der Waals surface area contributed by atoms with Gasteiger partial charge < -0.3 is 5.73 Å². The van der Waals surface area contributed by atoms with Crippen molar-refractivity contribution in [2.24, 2.45) is 12.8 Å². The number of aromatic nitrogens is 2. The molecule has 84 valence electrons. The van der Waals surface area contributed by atoms with E-state index in [1.54, 1.807) is 4.68 Å². The molecule has 0 radical (unpaired) electrons. The zero-order chi connectivity index (χ0) is 11.4. The molecular formula is C11H18ClN3. The number of hydrogen-bond donors (Lipinski definition) is 1. The molecule has 0 saturated carbocycles. The fourth-order valence-corrected chi connectivity index (χ4v) is 1.80. The third kappa shape index (κ3) is 3.08. The van der Waals surface area contributed by atoms with Gasteiger partial charge in [0.05, 0.1) is 5.69 Å². The number of hydrogen-bond acceptors (Lipinski definition) is 2. The lowest BCUT2D eigenvalue weighted by Crippen LogP contribution is -1.97. The van der Waals surface area contributed by atoms with Crippen LogP contribution in [-0.4, -0.2) is 16.3 Å². The molecule has 0 unspecified atom stereocenters. The van der Waals surface area contributed by atoms with E-state index in [0.717, 1.165) is 29.3 Å². The fourth-order valence-electron chi connectivity index (χ4n) is 1.56. The molecule has 1 aromatic heterocycles. The van der Waals surface area contributed by atoms with Crippen LogP contribution < -0.4 is 5.73 Å². The maximum atomic E-state index is 6.14. The summed E-state index contributed by atoms with van der Waals surface area (Å²) in [6.07, 6.45) is 3.93. The van der Waals surface area contributed by atoms with E-state index in [9.17, 15) is 0 Å². The Bertz CT molecular complexity index is 366. The number of nitrogens with two attached hydrogens (primary N) is 1. The van der Waals surface area contributed by atoms with E-state index in [2.05, 4.69) is 18.1 Å². The molecule has 1 aromatic rings. The third-order valence-corrected chi connectivity index (χ3v) is 2.86. The molecule has 0 aromatic carbocycles. The van der Waals surface area contributed by atoms with Crippen LogP contribution in [0.5, 0.6) is 0 Å². The molecule has 0 fully saturated rings. The first-order valence-electron chi connectivity index (χ1n) is 5.10. The Morgan fingerprint density at radius 3 is 2.73 bits per heavy atom. The Morgan fingerprint density at radius 2 is 2.27 bits per heavy atom. The molecule has 0 amide bonds. The van der Waals surface area contributed by atoms with Gasteiger partial charge in [0.2, 0.25) is 0 Å². The van der Waals surface area contributed by atoms with Gasteiger partial charge in [0.25, 0.3) is 0 Å². The molecule has 3 nitrogen and oxygen atoms in total. The molecule has 2 N–H and O–H groups in total. The average molecular weight is 228 g/mol. The monoisotopic (exact) mass is 227 g/mol. The minimum atomic E-state index is 0.692. The van der Waals surface area contributed by atoms with Gasteiger partial charge in [0.15, 0.2) is 0 Å². The van der Waals surface area contributed by atoms with Gasteiger partial charge in [0.1, 0.15) is 5.15 Å². The molecule has 0 aliphatic carbocycles. The summed E-state index contributed by atoms with van der Waals surface area (Å²) in [5.41, 5.74) is 8.86. The Morgan fingerprint density at radius 1 is 1.60 bits per heavy atom. The molecule has 0 atom stereocenters. The zero-order valence-electron chi connectivity index (χ0n) is 9.55. The topological polar surface area (TPSA) is 43.8 Å². The summed E-state index contributed by atoms with van der Waals surface area (Å²) >= 11 is 6.14. The van der Waals surface area contributed by atoms with Crippen LogP contribution in [0.15, 0.2) is 11.6 Å². The molecule has 1 heterocycles. The minimum Gasteiger partial charge on any atom is -0.330 e. The smallest absolute Gasteiger partial charge is 0.130 e. The van der Waals surface area contributed by atoms with Crippen LogP contribution in [0.2, 0.25) is 5.15 Å². The lowest BCUT2D eigenvalue weighted by atomic mass is 10.1. The molecule has 0 aliphatic heterocycles. The standard InChI is InChI=1S/C11H18ClN3/c1-8(5-4-6-13)7-10-9(2)14-15(3)11(10)12/h5H,4,6-7,13H2,1-3H3. The van der Waals surface area contributed by atoms with E-state index in [1.807, 2.05) is 14.0 Å². The first kappa shape index (κ1) is 12.3. The molecule has 0 bridgehead atoms. The van der Waals surface area contributed by atoms with Gasteiger partial charge in [0, 0.05) is 12.6 Å². The van der Waals surface area contributed by atoms with Crippen LogP contribution in [0.25, 0.3) is 0 Å². The van der Waals surface area contributed by atoms with Crippen LogP contribution in [0.3, 0.4) is 0 Å². The highest BCUT2D eigenvalue weighted by Crippen LogP contribution is 2.21. The second-order valence-corrected chi connectivity index (χ2v) is 4.14. The predicted octanol–water partition coefficient (Wildman–Crippen LogP) is 2.22. The highest BCUT2D eigenvalue weighted by atomic mass is 35.5. The van der Waals surface area contributed by atoms with Gasteiger partial charge in [-0.3, -0.25) is 4.68 Å². The lowest BCUT2D eigenvalue weighted by Gasteiger charge is -2.01. The predicted molar refractivity (Wildman–Crippen MR) is 64.1 cm³/mol. The van der Waals surface area contributed by atoms with Crippen molar-refractivity contribution in [2.75, 3.05) is 6.54 Å². The molecule has 1 rings (SSSR count). The number of rotatable bonds is 4. The maximum absolute atomic E-state index is 6.14. The van der Waals surface area contributed by atoms with Crippen molar-refractivity contribution in [3.8, 4) is 0 Å². The highest BCUT2D eigenvalue weighted by Gasteiger charge is 2.10. The summed E-state index contributed by atoms with van der Waals surface area (Å²) in [5, 5.41) is 5.01. The number of aryl methyl sites for hydroxylation is 2. The van der Waals surface area contributed by atoms with Crippen LogP contribution in [0.4, 0.5) is 0 Å². The lowest BCUT2D eigenvalue weighted by molar-refractivity contribution is 0.757. The van der Waals surface area contributed by atoms with Crippen molar-refractivity contribution >= 4 is 11.6 Å². The van der Waals surface area contributed by atoms with Gasteiger partial charge >= 0.3 is 0 Å². The van der Waals surface area contributed by atoms with Crippen LogP contribution in [0.1, 0.15) is 24.6 Å².